The number of hydrogen-bond donors (Lipinski definition) is 3. The summed E-state index contributed by atoms with van der Waals surface area (Å²) in [6, 6.07) is 15.2. The Balaban J connectivity index is 1.74. The van der Waals surface area contributed by atoms with Crippen molar-refractivity contribution in [3.05, 3.63) is 88.2 Å². The Morgan fingerprint density at radius 3 is 2.16 bits per heavy atom. The smallest absolute Gasteiger partial charge is 0.263 e. The van der Waals surface area contributed by atoms with Crippen LogP contribution in [0.1, 0.15) is 10.4 Å². The van der Waals surface area contributed by atoms with Crippen molar-refractivity contribution < 1.29 is 17.6 Å². The molecule has 0 aromatic heterocycles. The van der Waals surface area contributed by atoms with E-state index in [0.29, 0.717) is 10.7 Å². The van der Waals surface area contributed by atoms with Gasteiger partial charge in [-0.25, -0.2) is 12.8 Å². The Hall–Kier alpha value is -2.72. The zero-order valence-electron chi connectivity index (χ0n) is 15.5. The summed E-state index contributed by atoms with van der Waals surface area (Å²) in [5.74, 6) is -1.02. The summed E-state index contributed by atoms with van der Waals surface area (Å²) in [6.07, 6.45) is 0. The lowest BCUT2D eigenvalue weighted by Gasteiger charge is -2.13. The van der Waals surface area contributed by atoms with E-state index in [0.717, 1.165) is 12.1 Å². The van der Waals surface area contributed by atoms with Crippen molar-refractivity contribution in [2.24, 2.45) is 0 Å². The van der Waals surface area contributed by atoms with Gasteiger partial charge >= 0.3 is 0 Å². The molecule has 0 spiro atoms. The van der Waals surface area contributed by atoms with Crippen molar-refractivity contribution in [2.45, 2.75) is 4.90 Å². The van der Waals surface area contributed by atoms with E-state index in [-0.39, 0.29) is 26.3 Å². The van der Waals surface area contributed by atoms with Gasteiger partial charge in [-0.1, -0.05) is 23.2 Å². The molecule has 3 aromatic rings. The number of benzene rings is 3. The number of hydrogen-bond acceptors (Lipinski definition) is 4. The first-order valence-electron chi connectivity index (χ1n) is 8.60. The first-order valence-corrected chi connectivity index (χ1v) is 11.2. The minimum absolute atomic E-state index is 0.00622. The van der Waals surface area contributed by atoms with Crippen LogP contribution in [-0.2, 0) is 10.0 Å². The predicted octanol–water partition coefficient (Wildman–Crippen LogP) is 5.06. The van der Waals surface area contributed by atoms with Gasteiger partial charge in [0.15, 0.2) is 5.11 Å². The molecule has 0 atom stereocenters. The van der Waals surface area contributed by atoms with Gasteiger partial charge in [-0.2, -0.15) is 0 Å². The average molecular weight is 498 g/mol. The molecular weight excluding hydrogens is 484 g/mol. The third kappa shape index (κ3) is 6.14. The van der Waals surface area contributed by atoms with Crippen LogP contribution in [0, 0.1) is 5.82 Å². The SMILES string of the molecule is O=C(NC(=S)Nc1ccc(Cl)c(S(=O)(=O)Nc2ccc(Cl)cc2)c1)c1ccc(F)cc1. The molecule has 0 radical (unpaired) electrons. The monoisotopic (exact) mass is 497 g/mol. The summed E-state index contributed by atoms with van der Waals surface area (Å²) >= 11 is 17.0. The van der Waals surface area contributed by atoms with Crippen molar-refractivity contribution in [3.63, 3.8) is 0 Å². The second-order valence-electron chi connectivity index (χ2n) is 6.17. The second-order valence-corrected chi connectivity index (χ2v) is 9.08. The number of halogens is 3. The maximum absolute atomic E-state index is 13.0. The molecule has 0 aliphatic heterocycles. The first-order chi connectivity index (χ1) is 14.6. The van der Waals surface area contributed by atoms with E-state index < -0.39 is 21.7 Å². The van der Waals surface area contributed by atoms with E-state index in [2.05, 4.69) is 15.4 Å². The fraction of sp³-hybridized carbons (Fsp3) is 0. The van der Waals surface area contributed by atoms with Crippen molar-refractivity contribution in [1.82, 2.24) is 5.32 Å². The molecule has 0 aliphatic carbocycles. The standard InChI is InChI=1S/C20H14Cl2FN3O3S2/c21-13-3-7-15(8-4-13)26-31(28,29)18-11-16(9-10-17(18)22)24-20(30)25-19(27)12-1-5-14(23)6-2-12/h1-11,26H,(H2,24,25,27,30). The lowest BCUT2D eigenvalue weighted by Crippen LogP contribution is -2.34. The Kier molecular flexibility index (Phi) is 7.11. The number of amides is 1. The van der Waals surface area contributed by atoms with Gasteiger partial charge in [0.05, 0.1) is 5.02 Å². The van der Waals surface area contributed by atoms with Crippen LogP contribution in [0.15, 0.2) is 71.6 Å². The summed E-state index contributed by atoms with van der Waals surface area (Å²) in [5, 5.41) is 5.53. The van der Waals surface area contributed by atoms with E-state index in [9.17, 15) is 17.6 Å². The number of anilines is 2. The van der Waals surface area contributed by atoms with Gasteiger partial charge in [0, 0.05) is 22.0 Å². The highest BCUT2D eigenvalue weighted by Crippen LogP contribution is 2.27. The molecule has 1 amide bonds. The fourth-order valence-electron chi connectivity index (χ4n) is 2.45. The molecule has 0 bridgehead atoms. The molecular formula is C20H14Cl2FN3O3S2. The fourth-order valence-corrected chi connectivity index (χ4v) is 4.38. The third-order valence-corrected chi connectivity index (χ3v) is 6.23. The van der Waals surface area contributed by atoms with Gasteiger partial charge in [-0.15, -0.1) is 0 Å². The lowest BCUT2D eigenvalue weighted by atomic mass is 10.2. The molecule has 0 aliphatic rings. The number of thiocarbonyl (C=S) groups is 1. The molecule has 31 heavy (non-hydrogen) atoms. The molecule has 6 nitrogen and oxygen atoms in total. The highest BCUT2D eigenvalue weighted by Gasteiger charge is 2.19. The van der Waals surface area contributed by atoms with Gasteiger partial charge in [0.25, 0.3) is 15.9 Å². The summed E-state index contributed by atoms with van der Waals surface area (Å²) in [4.78, 5) is 12.0. The number of carbonyl (C=O) groups is 1. The van der Waals surface area contributed by atoms with Crippen LogP contribution in [0.3, 0.4) is 0 Å². The average Bonchev–Trinajstić information content (AvgIpc) is 2.71. The molecule has 0 saturated heterocycles. The van der Waals surface area contributed by atoms with Gasteiger partial charge in [0.2, 0.25) is 0 Å². The van der Waals surface area contributed by atoms with E-state index in [1.54, 1.807) is 12.1 Å². The zero-order chi connectivity index (χ0) is 22.6. The Bertz CT molecular complexity index is 1240. The molecule has 0 fully saturated rings. The topological polar surface area (TPSA) is 87.3 Å². The van der Waals surface area contributed by atoms with Gasteiger partial charge in [-0.3, -0.25) is 14.8 Å². The molecule has 3 aromatic carbocycles. The van der Waals surface area contributed by atoms with Crippen LogP contribution in [0.5, 0.6) is 0 Å². The Morgan fingerprint density at radius 2 is 1.52 bits per heavy atom. The van der Waals surface area contributed by atoms with Crippen LogP contribution >= 0.6 is 35.4 Å². The van der Waals surface area contributed by atoms with E-state index in [1.165, 1.54) is 42.5 Å². The number of rotatable bonds is 5. The van der Waals surface area contributed by atoms with Crippen molar-refractivity contribution in [1.29, 1.82) is 0 Å². The highest BCUT2D eigenvalue weighted by molar-refractivity contribution is 7.92. The molecule has 0 unspecified atom stereocenters. The number of carbonyl (C=O) groups excluding carboxylic acids is 1. The summed E-state index contributed by atoms with van der Waals surface area (Å²) in [6.45, 7) is 0. The van der Waals surface area contributed by atoms with Crippen LogP contribution in [0.2, 0.25) is 10.0 Å². The normalized spacial score (nSPS) is 10.9. The highest BCUT2D eigenvalue weighted by atomic mass is 35.5. The van der Waals surface area contributed by atoms with E-state index >= 15 is 0 Å². The first kappa shape index (κ1) is 23.0. The largest absolute Gasteiger partial charge is 0.332 e. The van der Waals surface area contributed by atoms with Crippen LogP contribution in [-0.4, -0.2) is 19.4 Å². The second kappa shape index (κ2) is 9.61. The van der Waals surface area contributed by atoms with E-state index in [1.807, 2.05) is 0 Å². The minimum atomic E-state index is -4.02. The van der Waals surface area contributed by atoms with Crippen LogP contribution in [0.4, 0.5) is 15.8 Å². The molecule has 11 heteroatoms. The van der Waals surface area contributed by atoms with Crippen molar-refractivity contribution in [3.8, 4) is 0 Å². The zero-order valence-corrected chi connectivity index (χ0v) is 18.7. The quantitative estimate of drug-likeness (QED) is 0.428. The Labute approximate surface area is 193 Å². The van der Waals surface area contributed by atoms with Crippen molar-refractivity contribution >= 4 is 67.8 Å². The number of sulfonamides is 1. The molecule has 3 rings (SSSR count). The Morgan fingerprint density at radius 1 is 0.903 bits per heavy atom. The minimum Gasteiger partial charge on any atom is -0.332 e. The lowest BCUT2D eigenvalue weighted by molar-refractivity contribution is 0.0977. The van der Waals surface area contributed by atoms with Crippen LogP contribution in [0.25, 0.3) is 0 Å². The third-order valence-electron chi connectivity index (χ3n) is 3.91. The summed E-state index contributed by atoms with van der Waals surface area (Å²) in [5.41, 5.74) is 0.795. The molecule has 0 heterocycles. The predicted molar refractivity (Wildman–Crippen MR) is 124 cm³/mol. The van der Waals surface area contributed by atoms with Gasteiger partial charge in [0.1, 0.15) is 10.7 Å². The van der Waals surface area contributed by atoms with Crippen molar-refractivity contribution in [2.75, 3.05) is 10.0 Å². The molecule has 160 valence electrons. The maximum Gasteiger partial charge on any atom is 0.263 e. The van der Waals surface area contributed by atoms with E-state index in [4.69, 9.17) is 35.4 Å². The summed E-state index contributed by atoms with van der Waals surface area (Å²) in [7, 11) is -4.02. The molecule has 0 saturated carbocycles. The number of nitrogens with one attached hydrogen (secondary N) is 3. The van der Waals surface area contributed by atoms with Crippen LogP contribution < -0.4 is 15.4 Å². The maximum atomic E-state index is 13.0. The van der Waals surface area contributed by atoms with Gasteiger partial charge < -0.3 is 5.32 Å². The van der Waals surface area contributed by atoms with Gasteiger partial charge in [-0.05, 0) is 78.9 Å². The summed E-state index contributed by atoms with van der Waals surface area (Å²) < 4.78 is 40.9. The molecule has 3 N–H and O–H groups in total.